The summed E-state index contributed by atoms with van der Waals surface area (Å²) in [6, 6.07) is 10.8. The first kappa shape index (κ1) is 12.2. The largest absolute Gasteiger partial charge is 0.313 e. The van der Waals surface area contributed by atoms with Gasteiger partial charge in [-0.25, -0.2) is 4.98 Å². The maximum Gasteiger partial charge on any atom is 0.142 e. The van der Waals surface area contributed by atoms with Crippen LogP contribution in [0.15, 0.2) is 30.3 Å². The molecule has 1 aromatic heterocycles. The Balaban J connectivity index is 2.10. The smallest absolute Gasteiger partial charge is 0.142 e. The normalized spacial score (nSPS) is 12.6. The molecule has 0 radical (unpaired) electrons. The van der Waals surface area contributed by atoms with Gasteiger partial charge in [0.15, 0.2) is 0 Å². The summed E-state index contributed by atoms with van der Waals surface area (Å²) in [5.74, 6) is 0.952. The molecule has 2 rings (SSSR count). The van der Waals surface area contributed by atoms with E-state index in [1.807, 2.05) is 13.1 Å². The number of benzene rings is 1. The fraction of sp³-hybridized carbons (Fsp3) is 0.385. The molecule has 4 heteroatoms. The molecule has 0 aliphatic heterocycles. The highest BCUT2D eigenvalue weighted by atomic mass is 32.1. The molecule has 0 fully saturated rings. The number of rotatable bonds is 5. The lowest BCUT2D eigenvalue weighted by Gasteiger charge is -2.14. The summed E-state index contributed by atoms with van der Waals surface area (Å²) in [6.07, 6.45) is 1.81. The Labute approximate surface area is 106 Å². The molecule has 0 spiro atoms. The third-order valence-corrected chi connectivity index (χ3v) is 3.53. The Hall–Kier alpha value is -1.26. The second kappa shape index (κ2) is 5.89. The van der Waals surface area contributed by atoms with E-state index in [0.717, 1.165) is 23.7 Å². The third-order valence-electron chi connectivity index (χ3n) is 2.76. The van der Waals surface area contributed by atoms with E-state index in [0.29, 0.717) is 6.04 Å². The molecular weight excluding hydrogens is 230 g/mol. The van der Waals surface area contributed by atoms with E-state index in [4.69, 9.17) is 0 Å². The van der Waals surface area contributed by atoms with Gasteiger partial charge in [0.2, 0.25) is 0 Å². The van der Waals surface area contributed by atoms with Gasteiger partial charge < -0.3 is 5.32 Å². The van der Waals surface area contributed by atoms with Crippen LogP contribution in [0.2, 0.25) is 0 Å². The van der Waals surface area contributed by atoms with E-state index in [9.17, 15) is 0 Å². The number of hydrogen-bond acceptors (Lipinski definition) is 4. The monoisotopic (exact) mass is 247 g/mol. The fourth-order valence-electron chi connectivity index (χ4n) is 1.76. The van der Waals surface area contributed by atoms with Gasteiger partial charge in [0, 0.05) is 18.9 Å². The molecule has 3 nitrogen and oxygen atoms in total. The number of aromatic nitrogens is 2. The Kier molecular flexibility index (Phi) is 4.23. The molecule has 0 aliphatic rings. The molecule has 0 aliphatic carbocycles. The second-order valence-corrected chi connectivity index (χ2v) is 4.75. The van der Waals surface area contributed by atoms with Crippen LogP contribution >= 0.6 is 11.5 Å². The van der Waals surface area contributed by atoms with Crippen molar-refractivity contribution < 1.29 is 0 Å². The summed E-state index contributed by atoms with van der Waals surface area (Å²) in [6.45, 7) is 2.08. The van der Waals surface area contributed by atoms with Crippen LogP contribution in [0.5, 0.6) is 0 Å². The molecule has 1 aromatic carbocycles. The van der Waals surface area contributed by atoms with Crippen LogP contribution in [0.3, 0.4) is 0 Å². The predicted molar refractivity (Wildman–Crippen MR) is 71.2 cm³/mol. The zero-order valence-electron chi connectivity index (χ0n) is 10.2. The lowest BCUT2D eigenvalue weighted by Crippen LogP contribution is -2.18. The lowest BCUT2D eigenvalue weighted by molar-refractivity contribution is 0.589. The van der Waals surface area contributed by atoms with Crippen molar-refractivity contribution in [3.8, 4) is 0 Å². The molecule has 90 valence electrons. The molecule has 0 amide bonds. The van der Waals surface area contributed by atoms with Crippen LogP contribution in [0.25, 0.3) is 0 Å². The van der Waals surface area contributed by atoms with Crippen molar-refractivity contribution in [2.45, 2.75) is 25.8 Å². The number of hydrogen-bond donors (Lipinski definition) is 1. The van der Waals surface area contributed by atoms with Crippen LogP contribution in [-0.4, -0.2) is 16.4 Å². The fourth-order valence-corrected chi connectivity index (χ4v) is 2.53. The van der Waals surface area contributed by atoms with Gasteiger partial charge >= 0.3 is 0 Å². The van der Waals surface area contributed by atoms with Crippen LogP contribution in [-0.2, 0) is 12.8 Å². The molecule has 0 saturated heterocycles. The maximum atomic E-state index is 4.51. The summed E-state index contributed by atoms with van der Waals surface area (Å²) in [4.78, 5) is 4.51. The summed E-state index contributed by atoms with van der Waals surface area (Å²) in [5, 5.41) is 4.43. The van der Waals surface area contributed by atoms with Gasteiger partial charge in [-0.1, -0.05) is 37.3 Å². The van der Waals surface area contributed by atoms with Gasteiger partial charge in [-0.3, -0.25) is 0 Å². The van der Waals surface area contributed by atoms with Crippen molar-refractivity contribution in [2.24, 2.45) is 0 Å². The van der Waals surface area contributed by atoms with Crippen molar-refractivity contribution in [3.63, 3.8) is 0 Å². The lowest BCUT2D eigenvalue weighted by atomic mass is 10.0. The minimum Gasteiger partial charge on any atom is -0.313 e. The number of nitrogens with zero attached hydrogens (tertiary/aromatic N) is 2. The highest BCUT2D eigenvalue weighted by Crippen LogP contribution is 2.19. The van der Waals surface area contributed by atoms with E-state index in [1.165, 1.54) is 17.1 Å². The number of aryl methyl sites for hydroxylation is 1. The first-order chi connectivity index (χ1) is 8.33. The first-order valence-electron chi connectivity index (χ1n) is 5.87. The van der Waals surface area contributed by atoms with Crippen molar-refractivity contribution >= 4 is 11.5 Å². The minimum atomic E-state index is 0.314. The Morgan fingerprint density at radius 1 is 1.29 bits per heavy atom. The van der Waals surface area contributed by atoms with Crippen molar-refractivity contribution in [1.82, 2.24) is 14.7 Å². The van der Waals surface area contributed by atoms with E-state index in [1.54, 1.807) is 0 Å². The van der Waals surface area contributed by atoms with Gasteiger partial charge in [0.05, 0.1) is 0 Å². The van der Waals surface area contributed by atoms with E-state index in [2.05, 4.69) is 45.9 Å². The molecular formula is C13H17N3S. The molecule has 0 saturated carbocycles. The van der Waals surface area contributed by atoms with Crippen LogP contribution in [0, 0.1) is 0 Å². The highest BCUT2D eigenvalue weighted by Gasteiger charge is 2.12. The van der Waals surface area contributed by atoms with E-state index in [-0.39, 0.29) is 0 Å². The Morgan fingerprint density at radius 2 is 2.06 bits per heavy atom. The SMILES string of the molecule is CCc1nsc(CC(NC)c2ccccc2)n1. The molecule has 17 heavy (non-hydrogen) atoms. The average molecular weight is 247 g/mol. The third kappa shape index (κ3) is 3.11. The topological polar surface area (TPSA) is 37.8 Å². The first-order valence-corrected chi connectivity index (χ1v) is 6.64. The van der Waals surface area contributed by atoms with E-state index < -0.39 is 0 Å². The predicted octanol–water partition coefficient (Wildman–Crippen LogP) is 2.60. The van der Waals surface area contributed by atoms with Crippen LogP contribution in [0.4, 0.5) is 0 Å². The molecule has 1 atom stereocenters. The quantitative estimate of drug-likeness (QED) is 0.882. The molecule has 2 aromatic rings. The van der Waals surface area contributed by atoms with Crippen molar-refractivity contribution in [1.29, 1.82) is 0 Å². The zero-order chi connectivity index (χ0) is 12.1. The maximum absolute atomic E-state index is 4.51. The standard InChI is InChI=1S/C13H17N3S/c1-3-12-15-13(17-16-12)9-11(14-2)10-7-5-4-6-8-10/h4-8,11,14H,3,9H2,1-2H3. The highest BCUT2D eigenvalue weighted by molar-refractivity contribution is 7.05. The van der Waals surface area contributed by atoms with Gasteiger partial charge in [0.25, 0.3) is 0 Å². The molecule has 1 N–H and O–H groups in total. The zero-order valence-corrected chi connectivity index (χ0v) is 11.0. The minimum absolute atomic E-state index is 0.314. The van der Waals surface area contributed by atoms with Gasteiger partial charge in [-0.05, 0) is 24.1 Å². The Bertz CT molecular complexity index is 453. The second-order valence-electron chi connectivity index (χ2n) is 3.91. The van der Waals surface area contributed by atoms with Crippen molar-refractivity contribution in [2.75, 3.05) is 7.05 Å². The summed E-state index contributed by atoms with van der Waals surface area (Å²) < 4.78 is 4.32. The molecule has 1 heterocycles. The molecule has 1 unspecified atom stereocenters. The summed E-state index contributed by atoms with van der Waals surface area (Å²) >= 11 is 1.51. The van der Waals surface area contributed by atoms with Crippen LogP contribution in [0.1, 0.15) is 29.4 Å². The summed E-state index contributed by atoms with van der Waals surface area (Å²) in [7, 11) is 1.99. The number of likely N-dealkylation sites (N-methyl/N-ethyl adjacent to an activating group) is 1. The van der Waals surface area contributed by atoms with Gasteiger partial charge in [0.1, 0.15) is 10.8 Å². The van der Waals surface area contributed by atoms with Gasteiger partial charge in [-0.15, -0.1) is 0 Å². The average Bonchev–Trinajstić information content (AvgIpc) is 2.84. The van der Waals surface area contributed by atoms with Crippen LogP contribution < -0.4 is 5.32 Å². The van der Waals surface area contributed by atoms with E-state index >= 15 is 0 Å². The van der Waals surface area contributed by atoms with Gasteiger partial charge in [-0.2, -0.15) is 4.37 Å². The molecule has 0 bridgehead atoms. The summed E-state index contributed by atoms with van der Waals surface area (Å²) in [5.41, 5.74) is 1.29. The van der Waals surface area contributed by atoms with Crippen molar-refractivity contribution in [3.05, 3.63) is 46.7 Å². The Morgan fingerprint density at radius 3 is 2.65 bits per heavy atom. The number of nitrogens with one attached hydrogen (secondary N) is 1.